The van der Waals surface area contributed by atoms with Gasteiger partial charge in [0.1, 0.15) is 6.04 Å². The smallest absolute Gasteiger partial charge is 0.258 e. The third kappa shape index (κ3) is 5.16. The van der Waals surface area contributed by atoms with Crippen LogP contribution in [-0.2, 0) is 16.0 Å². The minimum absolute atomic E-state index is 0.192. The molecule has 8 rings (SSSR count). The second-order valence-electron chi connectivity index (χ2n) is 13.5. The SMILES string of the molecule is Cc1n[nH]c(C)c1-c1ccc(NC(=O)[C@@H](NC(=O)C2(F)CC2)[C@@H]2CCc3ccc(-c4cccc(N5C[C@@H]6C[C@H]5CN6)c4)cc32)cc1. The molecular formula is C37H39FN6O2. The molecule has 0 unspecified atom stereocenters. The van der Waals surface area contributed by atoms with Crippen molar-refractivity contribution < 1.29 is 14.0 Å². The van der Waals surface area contributed by atoms with E-state index in [4.69, 9.17) is 0 Å². The minimum atomic E-state index is -1.88. The quantitative estimate of drug-likeness (QED) is 0.207. The molecule has 4 atom stereocenters. The topological polar surface area (TPSA) is 102 Å². The third-order valence-electron chi connectivity index (χ3n) is 10.5. The van der Waals surface area contributed by atoms with Gasteiger partial charge in [-0.2, -0.15) is 5.10 Å². The van der Waals surface area contributed by atoms with Gasteiger partial charge >= 0.3 is 0 Å². The number of H-pyrrole nitrogens is 1. The molecule has 2 bridgehead atoms. The number of piperazine rings is 1. The summed E-state index contributed by atoms with van der Waals surface area (Å²) in [7, 11) is 0. The Morgan fingerprint density at radius 1 is 1.02 bits per heavy atom. The van der Waals surface area contributed by atoms with E-state index in [2.05, 4.69) is 73.5 Å². The van der Waals surface area contributed by atoms with E-state index in [9.17, 15) is 14.0 Å². The number of carbonyl (C=O) groups excluding carboxylic acids is 2. The maximum absolute atomic E-state index is 14.9. The number of aromatic nitrogens is 2. The fraction of sp³-hybridized carbons (Fsp3) is 0.378. The number of fused-ring (bicyclic) bond motifs is 3. The van der Waals surface area contributed by atoms with E-state index in [1.807, 2.05) is 38.1 Å². The number of carbonyl (C=O) groups is 2. The van der Waals surface area contributed by atoms with Crippen molar-refractivity contribution in [2.75, 3.05) is 23.3 Å². The Morgan fingerprint density at radius 3 is 2.50 bits per heavy atom. The van der Waals surface area contributed by atoms with Gasteiger partial charge < -0.3 is 20.9 Å². The van der Waals surface area contributed by atoms with Crippen LogP contribution in [0, 0.1) is 13.8 Å². The van der Waals surface area contributed by atoms with E-state index in [0.29, 0.717) is 24.2 Å². The van der Waals surface area contributed by atoms with Crippen molar-refractivity contribution in [1.82, 2.24) is 20.8 Å². The Hall–Kier alpha value is -4.50. The predicted molar refractivity (Wildman–Crippen MR) is 178 cm³/mol. The first-order valence-corrected chi connectivity index (χ1v) is 16.4. The third-order valence-corrected chi connectivity index (χ3v) is 10.5. The van der Waals surface area contributed by atoms with Gasteiger partial charge in [-0.05, 0) is 98.0 Å². The molecule has 8 nitrogen and oxygen atoms in total. The van der Waals surface area contributed by atoms with E-state index in [0.717, 1.165) is 64.3 Å². The Balaban J connectivity index is 1.06. The minimum Gasteiger partial charge on any atom is -0.366 e. The molecule has 2 aliphatic heterocycles. The van der Waals surface area contributed by atoms with E-state index in [-0.39, 0.29) is 24.7 Å². The molecule has 46 heavy (non-hydrogen) atoms. The van der Waals surface area contributed by atoms with Crippen molar-refractivity contribution in [2.45, 2.75) is 75.7 Å². The number of hydrogen-bond acceptors (Lipinski definition) is 5. The van der Waals surface area contributed by atoms with Crippen LogP contribution in [0.5, 0.6) is 0 Å². The van der Waals surface area contributed by atoms with Crippen molar-refractivity contribution in [1.29, 1.82) is 0 Å². The van der Waals surface area contributed by atoms with Crippen LogP contribution in [0.2, 0.25) is 0 Å². The summed E-state index contributed by atoms with van der Waals surface area (Å²) in [5.74, 6) is -1.31. The number of halogens is 1. The van der Waals surface area contributed by atoms with Gasteiger partial charge in [0, 0.05) is 53.7 Å². The zero-order valence-electron chi connectivity index (χ0n) is 26.2. The highest BCUT2D eigenvalue weighted by Gasteiger charge is 2.52. The molecule has 0 spiro atoms. The Labute approximate surface area is 268 Å². The average molecular weight is 619 g/mol. The fourth-order valence-corrected chi connectivity index (χ4v) is 7.77. The van der Waals surface area contributed by atoms with E-state index >= 15 is 0 Å². The van der Waals surface area contributed by atoms with Crippen LogP contribution in [0.1, 0.15) is 54.1 Å². The molecule has 3 heterocycles. The Morgan fingerprint density at radius 2 is 1.80 bits per heavy atom. The van der Waals surface area contributed by atoms with Gasteiger partial charge in [-0.15, -0.1) is 0 Å². The van der Waals surface area contributed by atoms with Crippen LogP contribution in [0.25, 0.3) is 22.3 Å². The molecule has 1 saturated carbocycles. The number of nitrogens with one attached hydrogen (secondary N) is 4. The number of benzene rings is 3. The fourth-order valence-electron chi connectivity index (χ4n) is 7.77. The molecule has 4 N–H and O–H groups in total. The number of alkyl halides is 1. The summed E-state index contributed by atoms with van der Waals surface area (Å²) in [6, 6.07) is 22.9. The van der Waals surface area contributed by atoms with Crippen LogP contribution in [0.4, 0.5) is 15.8 Å². The standard InChI is InChI=1S/C37H39FN6O2/c1-21-33(22(2)43-42-21)24-8-11-27(12-9-24)40-35(45)34(41-36(46)37(38)14-15-37)31-13-10-23-6-7-26(17-32(23)31)25-4-3-5-29(16-25)44-20-28-18-30(44)19-39-28/h3-9,11-12,16-17,28,30-31,34,39H,10,13-15,18-20H2,1-2H3,(H,40,45)(H,41,46)(H,42,43)/t28-,30-,31+,34-/m0/s1. The van der Waals surface area contributed by atoms with E-state index in [1.165, 1.54) is 12.1 Å². The van der Waals surface area contributed by atoms with Crippen molar-refractivity contribution in [3.63, 3.8) is 0 Å². The number of hydrogen-bond donors (Lipinski definition) is 4. The molecule has 2 aliphatic carbocycles. The summed E-state index contributed by atoms with van der Waals surface area (Å²) in [4.78, 5) is 29.5. The van der Waals surface area contributed by atoms with Crippen molar-refractivity contribution in [2.24, 2.45) is 0 Å². The molecule has 2 amide bonds. The lowest BCUT2D eigenvalue weighted by Crippen LogP contribution is -2.50. The zero-order valence-corrected chi connectivity index (χ0v) is 26.2. The van der Waals surface area contributed by atoms with Crippen LogP contribution in [-0.4, -0.2) is 58.9 Å². The number of rotatable bonds is 8. The first kappa shape index (κ1) is 28.9. The second kappa shape index (κ2) is 11.1. The van der Waals surface area contributed by atoms with Gasteiger partial charge in [0.05, 0.1) is 5.69 Å². The summed E-state index contributed by atoms with van der Waals surface area (Å²) >= 11 is 0. The molecule has 3 aromatic carbocycles. The van der Waals surface area contributed by atoms with Crippen LogP contribution in [0.15, 0.2) is 66.7 Å². The van der Waals surface area contributed by atoms with Crippen molar-refractivity contribution in [3.8, 4) is 22.3 Å². The van der Waals surface area contributed by atoms with Gasteiger partial charge in [0.15, 0.2) is 5.67 Å². The zero-order chi connectivity index (χ0) is 31.6. The predicted octanol–water partition coefficient (Wildman–Crippen LogP) is 5.57. The lowest BCUT2D eigenvalue weighted by atomic mass is 9.89. The van der Waals surface area contributed by atoms with Gasteiger partial charge in [-0.1, -0.05) is 42.5 Å². The van der Waals surface area contributed by atoms with Gasteiger partial charge in [-0.25, -0.2) is 4.39 Å². The van der Waals surface area contributed by atoms with E-state index in [1.54, 1.807) is 0 Å². The number of aromatic amines is 1. The van der Waals surface area contributed by atoms with Gasteiger partial charge in [0.25, 0.3) is 5.91 Å². The number of amides is 2. The van der Waals surface area contributed by atoms with Gasteiger partial charge in [-0.3, -0.25) is 14.7 Å². The highest BCUT2D eigenvalue weighted by Crippen LogP contribution is 2.42. The Bertz CT molecular complexity index is 1810. The maximum Gasteiger partial charge on any atom is 0.258 e. The molecule has 3 fully saturated rings. The van der Waals surface area contributed by atoms with Crippen LogP contribution in [0.3, 0.4) is 0 Å². The lowest BCUT2D eigenvalue weighted by molar-refractivity contribution is -0.131. The first-order valence-electron chi connectivity index (χ1n) is 16.4. The number of aryl methyl sites for hydroxylation is 3. The number of nitrogens with zero attached hydrogens (tertiary/aromatic N) is 2. The molecule has 4 aromatic rings. The summed E-state index contributed by atoms with van der Waals surface area (Å²) < 4.78 is 14.9. The highest BCUT2D eigenvalue weighted by atomic mass is 19.1. The average Bonchev–Trinajstić information content (AvgIpc) is 3.47. The summed E-state index contributed by atoms with van der Waals surface area (Å²) in [6.45, 7) is 5.98. The van der Waals surface area contributed by atoms with Gasteiger partial charge in [0.2, 0.25) is 5.91 Å². The Kier molecular flexibility index (Phi) is 6.97. The van der Waals surface area contributed by atoms with Crippen molar-refractivity contribution >= 4 is 23.2 Å². The summed E-state index contributed by atoms with van der Waals surface area (Å²) in [5.41, 5.74) is 8.28. The first-order chi connectivity index (χ1) is 22.3. The monoisotopic (exact) mass is 618 g/mol. The molecule has 236 valence electrons. The highest BCUT2D eigenvalue weighted by molar-refractivity contribution is 6.00. The van der Waals surface area contributed by atoms with Crippen LogP contribution < -0.4 is 20.9 Å². The van der Waals surface area contributed by atoms with Crippen molar-refractivity contribution in [3.05, 3.63) is 89.2 Å². The second-order valence-corrected chi connectivity index (χ2v) is 13.5. The number of anilines is 2. The van der Waals surface area contributed by atoms with E-state index < -0.39 is 17.6 Å². The molecule has 2 saturated heterocycles. The molecule has 0 radical (unpaired) electrons. The normalized spacial score (nSPS) is 22.8. The summed E-state index contributed by atoms with van der Waals surface area (Å²) in [6.07, 6.45) is 3.06. The molecule has 4 aliphatic rings. The summed E-state index contributed by atoms with van der Waals surface area (Å²) in [5, 5.41) is 16.7. The molecular weight excluding hydrogens is 579 g/mol. The lowest BCUT2D eigenvalue weighted by Gasteiger charge is -2.30. The maximum atomic E-state index is 14.9. The molecule has 9 heteroatoms. The van der Waals surface area contributed by atoms with Crippen LogP contribution >= 0.6 is 0 Å². The molecule has 1 aromatic heterocycles. The largest absolute Gasteiger partial charge is 0.366 e.